The van der Waals surface area contributed by atoms with Crippen LogP contribution < -0.4 is 10.0 Å². The molecule has 19 heavy (non-hydrogen) atoms. The van der Waals surface area contributed by atoms with E-state index in [9.17, 15) is 13.2 Å². The van der Waals surface area contributed by atoms with Crippen molar-refractivity contribution >= 4 is 38.3 Å². The van der Waals surface area contributed by atoms with Gasteiger partial charge in [-0.05, 0) is 24.3 Å². The van der Waals surface area contributed by atoms with Crippen LogP contribution in [0.5, 0.6) is 0 Å². The molecule has 0 spiro atoms. The molecule has 1 heterocycles. The number of carboxylic acid groups (broad SMARTS) is 1. The molecule has 1 aromatic carbocycles. The van der Waals surface area contributed by atoms with E-state index in [1.165, 1.54) is 30.5 Å². The highest BCUT2D eigenvalue weighted by atomic mass is 32.2. The van der Waals surface area contributed by atoms with Gasteiger partial charge in [0.15, 0.2) is 5.13 Å². The molecule has 1 aromatic heterocycles. The summed E-state index contributed by atoms with van der Waals surface area (Å²) in [6.07, 6.45) is 0.277. The summed E-state index contributed by atoms with van der Waals surface area (Å²) >= 11 is 1.16. The highest BCUT2D eigenvalue weighted by Gasteiger charge is 2.15. The number of benzene rings is 1. The molecule has 9 heteroatoms. The minimum Gasteiger partial charge on any atom is -0.465 e. The van der Waals surface area contributed by atoms with Crippen molar-refractivity contribution in [3.05, 3.63) is 35.8 Å². The fourth-order valence-electron chi connectivity index (χ4n) is 1.29. The Morgan fingerprint density at radius 1 is 1.26 bits per heavy atom. The largest absolute Gasteiger partial charge is 0.465 e. The van der Waals surface area contributed by atoms with E-state index in [-0.39, 0.29) is 10.0 Å². The number of anilines is 2. The molecular formula is C10H9N3O4S2. The van der Waals surface area contributed by atoms with E-state index in [2.05, 4.69) is 15.0 Å². The third-order valence-electron chi connectivity index (χ3n) is 2.07. The highest BCUT2D eigenvalue weighted by Crippen LogP contribution is 2.19. The molecule has 7 nitrogen and oxygen atoms in total. The van der Waals surface area contributed by atoms with Crippen LogP contribution >= 0.6 is 11.3 Å². The molecule has 3 N–H and O–H groups in total. The average Bonchev–Trinajstić information content (AvgIpc) is 2.81. The van der Waals surface area contributed by atoms with Crippen molar-refractivity contribution < 1.29 is 18.3 Å². The molecule has 0 aliphatic carbocycles. The van der Waals surface area contributed by atoms with Crippen molar-refractivity contribution in [1.29, 1.82) is 0 Å². The summed E-state index contributed by atoms with van der Waals surface area (Å²) in [5.74, 6) is 0. The van der Waals surface area contributed by atoms with Gasteiger partial charge in [-0.15, -0.1) is 11.3 Å². The Kier molecular flexibility index (Phi) is 3.67. The van der Waals surface area contributed by atoms with Crippen LogP contribution in [0.1, 0.15) is 0 Å². The first-order valence-corrected chi connectivity index (χ1v) is 7.36. The number of sulfonamides is 1. The van der Waals surface area contributed by atoms with Crippen LogP contribution in [0.3, 0.4) is 0 Å². The zero-order valence-electron chi connectivity index (χ0n) is 9.40. The SMILES string of the molecule is O=C(O)Nc1ccc(S(=O)(=O)Nc2nccs2)cc1. The minimum absolute atomic E-state index is 0.0265. The summed E-state index contributed by atoms with van der Waals surface area (Å²) < 4.78 is 26.2. The van der Waals surface area contributed by atoms with Gasteiger partial charge in [0.25, 0.3) is 10.0 Å². The van der Waals surface area contributed by atoms with E-state index in [4.69, 9.17) is 5.11 Å². The van der Waals surface area contributed by atoms with Crippen molar-refractivity contribution in [1.82, 2.24) is 4.98 Å². The standard InChI is InChI=1S/C10H9N3O4S2/c14-10(15)12-7-1-3-8(4-2-7)19(16,17)13-9-11-5-6-18-9/h1-6,12H,(H,11,13)(H,14,15). The molecule has 0 radical (unpaired) electrons. The zero-order valence-corrected chi connectivity index (χ0v) is 11.0. The number of nitrogens with zero attached hydrogens (tertiary/aromatic N) is 1. The van der Waals surface area contributed by atoms with Gasteiger partial charge in [-0.1, -0.05) is 0 Å². The van der Waals surface area contributed by atoms with Crippen LogP contribution in [0, 0.1) is 0 Å². The number of hydrogen-bond acceptors (Lipinski definition) is 5. The van der Waals surface area contributed by atoms with E-state index in [1.807, 2.05) is 0 Å². The van der Waals surface area contributed by atoms with Crippen LogP contribution in [-0.2, 0) is 10.0 Å². The molecule has 0 atom stereocenters. The zero-order chi connectivity index (χ0) is 13.9. The van der Waals surface area contributed by atoms with E-state index in [0.717, 1.165) is 11.3 Å². The lowest BCUT2D eigenvalue weighted by Crippen LogP contribution is -2.13. The second-order valence-corrected chi connectivity index (χ2v) is 5.97. The molecule has 0 fully saturated rings. The second-order valence-electron chi connectivity index (χ2n) is 3.40. The number of hydrogen-bond donors (Lipinski definition) is 3. The molecule has 0 saturated heterocycles. The van der Waals surface area contributed by atoms with Gasteiger partial charge in [0, 0.05) is 17.3 Å². The van der Waals surface area contributed by atoms with Crippen molar-refractivity contribution in [2.24, 2.45) is 0 Å². The van der Waals surface area contributed by atoms with Gasteiger partial charge in [0.1, 0.15) is 0 Å². The first-order valence-electron chi connectivity index (χ1n) is 5.00. The third-order valence-corrected chi connectivity index (χ3v) is 4.24. The van der Waals surface area contributed by atoms with Gasteiger partial charge in [0.2, 0.25) is 0 Å². The number of aromatic nitrogens is 1. The van der Waals surface area contributed by atoms with E-state index < -0.39 is 16.1 Å². The number of rotatable bonds is 4. The normalized spacial score (nSPS) is 10.9. The van der Waals surface area contributed by atoms with Gasteiger partial charge < -0.3 is 5.11 Å². The maximum Gasteiger partial charge on any atom is 0.409 e. The maximum atomic E-state index is 12.0. The fourth-order valence-corrected chi connectivity index (χ4v) is 3.08. The van der Waals surface area contributed by atoms with Crippen LogP contribution in [-0.4, -0.2) is 24.6 Å². The number of thiazole rings is 1. The molecule has 1 amide bonds. The molecule has 0 unspecified atom stereocenters. The maximum absolute atomic E-state index is 12.0. The van der Waals surface area contributed by atoms with Crippen LogP contribution in [0.4, 0.5) is 15.6 Å². The monoisotopic (exact) mass is 299 g/mol. The van der Waals surface area contributed by atoms with Crippen LogP contribution in [0.15, 0.2) is 40.7 Å². The number of amides is 1. The smallest absolute Gasteiger partial charge is 0.409 e. The first-order chi connectivity index (χ1) is 8.97. The van der Waals surface area contributed by atoms with E-state index in [1.54, 1.807) is 5.38 Å². The Hall–Kier alpha value is -2.13. The second kappa shape index (κ2) is 5.24. The summed E-state index contributed by atoms with van der Waals surface area (Å²) in [5.41, 5.74) is 0.292. The van der Waals surface area contributed by atoms with E-state index in [0.29, 0.717) is 5.69 Å². The molecular weight excluding hydrogens is 290 g/mol. The Bertz CT molecular complexity index is 665. The summed E-state index contributed by atoms with van der Waals surface area (Å²) in [4.78, 5) is 14.3. The Balaban J connectivity index is 2.19. The molecule has 0 aliphatic heterocycles. The van der Waals surface area contributed by atoms with Crippen molar-refractivity contribution in [3.63, 3.8) is 0 Å². The number of nitrogens with one attached hydrogen (secondary N) is 2. The summed E-state index contributed by atoms with van der Waals surface area (Å²) in [6, 6.07) is 5.34. The first kappa shape index (κ1) is 13.3. The van der Waals surface area contributed by atoms with Crippen molar-refractivity contribution in [2.45, 2.75) is 4.90 Å². The summed E-state index contributed by atoms with van der Waals surface area (Å²) in [6.45, 7) is 0. The topological polar surface area (TPSA) is 108 Å². The average molecular weight is 299 g/mol. The predicted molar refractivity (Wildman–Crippen MR) is 71.0 cm³/mol. The Morgan fingerprint density at radius 2 is 1.95 bits per heavy atom. The lowest BCUT2D eigenvalue weighted by molar-refractivity contribution is 0.209. The van der Waals surface area contributed by atoms with Crippen molar-refractivity contribution in [3.8, 4) is 0 Å². The summed E-state index contributed by atoms with van der Waals surface area (Å²) in [5, 5.41) is 12.6. The molecule has 0 saturated carbocycles. The van der Waals surface area contributed by atoms with Crippen molar-refractivity contribution in [2.75, 3.05) is 10.0 Å². The molecule has 0 aliphatic rings. The quantitative estimate of drug-likeness (QED) is 0.800. The molecule has 2 rings (SSSR count). The lowest BCUT2D eigenvalue weighted by Gasteiger charge is -2.06. The summed E-state index contributed by atoms with van der Waals surface area (Å²) in [7, 11) is -3.71. The Morgan fingerprint density at radius 3 is 2.47 bits per heavy atom. The molecule has 100 valence electrons. The molecule has 0 bridgehead atoms. The van der Waals surface area contributed by atoms with Gasteiger partial charge >= 0.3 is 6.09 Å². The van der Waals surface area contributed by atoms with Gasteiger partial charge in [0.05, 0.1) is 4.90 Å². The van der Waals surface area contributed by atoms with Gasteiger partial charge in [-0.25, -0.2) is 18.2 Å². The Labute approximate surface area is 113 Å². The fraction of sp³-hybridized carbons (Fsp3) is 0. The number of carbonyl (C=O) groups is 1. The highest BCUT2D eigenvalue weighted by molar-refractivity contribution is 7.93. The predicted octanol–water partition coefficient (Wildman–Crippen LogP) is 2.03. The van der Waals surface area contributed by atoms with Gasteiger partial charge in [-0.3, -0.25) is 10.0 Å². The molecule has 2 aromatic rings. The minimum atomic E-state index is -3.71. The van der Waals surface area contributed by atoms with E-state index >= 15 is 0 Å². The third kappa shape index (κ3) is 3.42. The van der Waals surface area contributed by atoms with Crippen LogP contribution in [0.2, 0.25) is 0 Å². The van der Waals surface area contributed by atoms with Gasteiger partial charge in [-0.2, -0.15) is 0 Å². The van der Waals surface area contributed by atoms with Crippen LogP contribution in [0.25, 0.3) is 0 Å². The lowest BCUT2D eigenvalue weighted by atomic mass is 10.3.